The summed E-state index contributed by atoms with van der Waals surface area (Å²) in [6.07, 6.45) is 0. The van der Waals surface area contributed by atoms with Crippen molar-refractivity contribution in [1.29, 1.82) is 0 Å². The summed E-state index contributed by atoms with van der Waals surface area (Å²) in [5.41, 5.74) is 1.60. The summed E-state index contributed by atoms with van der Waals surface area (Å²) in [4.78, 5) is 0.128. The Bertz CT molecular complexity index is 759. The molecule has 21 heavy (non-hydrogen) atoms. The van der Waals surface area contributed by atoms with E-state index in [1.807, 2.05) is 25.1 Å². The Morgan fingerprint density at radius 1 is 1.14 bits per heavy atom. The van der Waals surface area contributed by atoms with Gasteiger partial charge in [-0.1, -0.05) is 28.1 Å². The van der Waals surface area contributed by atoms with E-state index >= 15 is 0 Å². The van der Waals surface area contributed by atoms with Gasteiger partial charge in [0.1, 0.15) is 10.6 Å². The lowest BCUT2D eigenvalue weighted by Gasteiger charge is -2.21. The first-order chi connectivity index (χ1) is 9.86. The van der Waals surface area contributed by atoms with Crippen molar-refractivity contribution in [1.82, 2.24) is 0 Å². The summed E-state index contributed by atoms with van der Waals surface area (Å²) >= 11 is 3.30. The predicted octanol–water partition coefficient (Wildman–Crippen LogP) is 3.59. The molecule has 6 heteroatoms. The van der Waals surface area contributed by atoms with E-state index in [9.17, 15) is 8.42 Å². The molecule has 0 fully saturated rings. The molecule has 0 aromatic heterocycles. The summed E-state index contributed by atoms with van der Waals surface area (Å²) in [6.45, 7) is 1.92. The average molecular weight is 370 g/mol. The van der Waals surface area contributed by atoms with Gasteiger partial charge in [-0.15, -0.1) is 0 Å². The van der Waals surface area contributed by atoms with Crippen LogP contribution in [0.5, 0.6) is 5.75 Å². The van der Waals surface area contributed by atoms with Crippen LogP contribution in [0.2, 0.25) is 0 Å². The van der Waals surface area contributed by atoms with E-state index in [0.717, 1.165) is 5.56 Å². The van der Waals surface area contributed by atoms with Crippen LogP contribution in [-0.4, -0.2) is 22.6 Å². The van der Waals surface area contributed by atoms with Gasteiger partial charge >= 0.3 is 0 Å². The SMILES string of the molecule is COc1ccc(Br)cc1S(=O)(=O)N(C)c1cccc(C)c1. The molecule has 0 amide bonds. The Balaban J connectivity index is 2.54. The summed E-state index contributed by atoms with van der Waals surface area (Å²) in [7, 11) is -0.710. The van der Waals surface area contributed by atoms with Crippen molar-refractivity contribution in [3.63, 3.8) is 0 Å². The topological polar surface area (TPSA) is 46.6 Å². The van der Waals surface area contributed by atoms with Crippen molar-refractivity contribution in [2.75, 3.05) is 18.5 Å². The number of hydrogen-bond acceptors (Lipinski definition) is 3. The van der Waals surface area contributed by atoms with Crippen LogP contribution in [0.25, 0.3) is 0 Å². The van der Waals surface area contributed by atoms with Crippen LogP contribution >= 0.6 is 15.9 Å². The molecule has 0 atom stereocenters. The second kappa shape index (κ2) is 6.07. The third-order valence-electron chi connectivity index (χ3n) is 3.13. The van der Waals surface area contributed by atoms with E-state index in [-0.39, 0.29) is 4.90 Å². The summed E-state index contributed by atoms with van der Waals surface area (Å²) in [6, 6.07) is 12.2. The van der Waals surface area contributed by atoms with Gasteiger partial charge < -0.3 is 4.74 Å². The van der Waals surface area contributed by atoms with E-state index < -0.39 is 10.0 Å². The first-order valence-corrected chi connectivity index (χ1v) is 8.48. The number of benzene rings is 2. The highest BCUT2D eigenvalue weighted by Crippen LogP contribution is 2.31. The minimum absolute atomic E-state index is 0.128. The van der Waals surface area contributed by atoms with Gasteiger partial charge in [-0.3, -0.25) is 4.31 Å². The standard InChI is InChI=1S/C15H16BrNO3S/c1-11-5-4-6-13(9-11)17(2)21(18,19)15-10-12(16)7-8-14(15)20-3/h4-10H,1-3H3. The predicted molar refractivity (Wildman–Crippen MR) is 87.5 cm³/mol. The number of sulfonamides is 1. The zero-order valence-corrected chi connectivity index (χ0v) is 14.4. The molecule has 0 bridgehead atoms. The van der Waals surface area contributed by atoms with Crippen molar-refractivity contribution >= 4 is 31.6 Å². The van der Waals surface area contributed by atoms with Crippen LogP contribution in [-0.2, 0) is 10.0 Å². The Hall–Kier alpha value is -1.53. The number of rotatable bonds is 4. The molecular weight excluding hydrogens is 354 g/mol. The van der Waals surface area contributed by atoms with Crippen LogP contribution in [0, 0.1) is 6.92 Å². The number of hydrogen-bond donors (Lipinski definition) is 0. The number of nitrogens with zero attached hydrogens (tertiary/aromatic N) is 1. The van der Waals surface area contributed by atoms with Crippen molar-refractivity contribution in [2.24, 2.45) is 0 Å². The molecule has 2 aromatic carbocycles. The molecule has 0 heterocycles. The average Bonchev–Trinajstić information content (AvgIpc) is 2.46. The minimum atomic E-state index is -3.70. The molecule has 0 N–H and O–H groups in total. The van der Waals surface area contributed by atoms with Crippen molar-refractivity contribution in [2.45, 2.75) is 11.8 Å². The van der Waals surface area contributed by atoms with Crippen LogP contribution < -0.4 is 9.04 Å². The van der Waals surface area contributed by atoms with Gasteiger partial charge in [-0.2, -0.15) is 0 Å². The normalized spacial score (nSPS) is 11.2. The van der Waals surface area contributed by atoms with Gasteiger partial charge in [0.05, 0.1) is 12.8 Å². The van der Waals surface area contributed by atoms with Gasteiger partial charge in [0.25, 0.3) is 10.0 Å². The fourth-order valence-electron chi connectivity index (χ4n) is 1.96. The highest BCUT2D eigenvalue weighted by atomic mass is 79.9. The molecule has 0 radical (unpaired) electrons. The van der Waals surface area contributed by atoms with Crippen LogP contribution in [0.1, 0.15) is 5.56 Å². The quantitative estimate of drug-likeness (QED) is 0.826. The molecule has 2 rings (SSSR count). The lowest BCUT2D eigenvalue weighted by atomic mass is 10.2. The largest absolute Gasteiger partial charge is 0.495 e. The van der Waals surface area contributed by atoms with Gasteiger partial charge in [-0.05, 0) is 42.8 Å². The summed E-state index contributed by atoms with van der Waals surface area (Å²) < 4.78 is 32.7. The molecule has 0 saturated heterocycles. The first kappa shape index (κ1) is 15.9. The fourth-order valence-corrected chi connectivity index (χ4v) is 3.84. The smallest absolute Gasteiger partial charge is 0.267 e. The molecule has 0 spiro atoms. The number of anilines is 1. The highest BCUT2D eigenvalue weighted by molar-refractivity contribution is 9.10. The van der Waals surface area contributed by atoms with E-state index in [1.165, 1.54) is 18.5 Å². The Morgan fingerprint density at radius 2 is 1.86 bits per heavy atom. The maximum Gasteiger partial charge on any atom is 0.267 e. The summed E-state index contributed by atoms with van der Waals surface area (Å²) in [5, 5.41) is 0. The zero-order valence-electron chi connectivity index (χ0n) is 12.0. The molecule has 4 nitrogen and oxygen atoms in total. The lowest BCUT2D eigenvalue weighted by molar-refractivity contribution is 0.402. The maximum absolute atomic E-state index is 12.8. The number of ether oxygens (including phenoxy) is 1. The second-order valence-corrected chi connectivity index (χ2v) is 7.46. The molecule has 0 aliphatic rings. The van der Waals surface area contributed by atoms with Crippen molar-refractivity contribution in [3.05, 3.63) is 52.5 Å². The zero-order chi connectivity index (χ0) is 15.6. The number of aryl methyl sites for hydroxylation is 1. The van der Waals surface area contributed by atoms with Crippen molar-refractivity contribution < 1.29 is 13.2 Å². The molecule has 0 aliphatic carbocycles. The first-order valence-electron chi connectivity index (χ1n) is 6.25. The van der Waals surface area contributed by atoms with Gasteiger partial charge in [-0.25, -0.2) is 8.42 Å². The minimum Gasteiger partial charge on any atom is -0.495 e. The molecule has 0 unspecified atom stereocenters. The molecular formula is C15H16BrNO3S. The Labute approximate surface area is 133 Å². The van der Waals surface area contributed by atoms with E-state index in [4.69, 9.17) is 4.74 Å². The highest BCUT2D eigenvalue weighted by Gasteiger charge is 2.25. The molecule has 2 aromatic rings. The van der Waals surface area contributed by atoms with Crippen molar-refractivity contribution in [3.8, 4) is 5.75 Å². The third-order valence-corrected chi connectivity index (χ3v) is 5.43. The fraction of sp³-hybridized carbons (Fsp3) is 0.200. The Kier molecular flexibility index (Phi) is 4.58. The molecule has 0 aliphatic heterocycles. The number of halogens is 1. The second-order valence-electron chi connectivity index (χ2n) is 4.61. The Morgan fingerprint density at radius 3 is 2.48 bits per heavy atom. The van der Waals surface area contributed by atoms with E-state index in [1.54, 1.807) is 24.3 Å². The molecule has 112 valence electrons. The van der Waals surface area contributed by atoms with Gasteiger partial charge in [0.15, 0.2) is 0 Å². The maximum atomic E-state index is 12.8. The monoisotopic (exact) mass is 369 g/mol. The lowest BCUT2D eigenvalue weighted by Crippen LogP contribution is -2.27. The third kappa shape index (κ3) is 3.22. The van der Waals surface area contributed by atoms with Gasteiger partial charge in [0.2, 0.25) is 0 Å². The van der Waals surface area contributed by atoms with E-state index in [0.29, 0.717) is 15.9 Å². The molecule has 0 saturated carbocycles. The van der Waals surface area contributed by atoms with Gasteiger partial charge in [0, 0.05) is 11.5 Å². The van der Waals surface area contributed by atoms with Crippen LogP contribution in [0.15, 0.2) is 51.8 Å². The number of methoxy groups -OCH3 is 1. The van der Waals surface area contributed by atoms with E-state index in [2.05, 4.69) is 15.9 Å². The summed E-state index contributed by atoms with van der Waals surface area (Å²) in [5.74, 6) is 0.317. The van der Waals surface area contributed by atoms with Crippen LogP contribution in [0.4, 0.5) is 5.69 Å². The van der Waals surface area contributed by atoms with Crippen LogP contribution in [0.3, 0.4) is 0 Å².